The van der Waals surface area contributed by atoms with Crippen molar-refractivity contribution in [3.63, 3.8) is 0 Å². The molecule has 132 valence electrons. The Kier molecular flexibility index (Phi) is 7.06. The maximum absolute atomic E-state index is 11.8. The molecule has 3 amide bonds. The van der Waals surface area contributed by atoms with Gasteiger partial charge >= 0.3 is 6.03 Å². The zero-order chi connectivity index (χ0) is 17.4. The van der Waals surface area contributed by atoms with Crippen molar-refractivity contribution in [2.45, 2.75) is 38.3 Å². The second kappa shape index (κ2) is 9.27. The predicted octanol–water partition coefficient (Wildman–Crippen LogP) is 1.72. The van der Waals surface area contributed by atoms with Gasteiger partial charge in [0.2, 0.25) is 0 Å². The van der Waals surface area contributed by atoms with E-state index in [1.54, 1.807) is 19.2 Å². The van der Waals surface area contributed by atoms with Crippen LogP contribution in [0.5, 0.6) is 0 Å². The Hall–Kier alpha value is -2.08. The number of benzene rings is 1. The number of likely N-dealkylation sites (N-methyl/N-ethyl adjacent to an activating group) is 1. The molecule has 0 saturated heterocycles. The molecule has 24 heavy (non-hydrogen) atoms. The van der Waals surface area contributed by atoms with Crippen molar-refractivity contribution >= 4 is 11.9 Å². The van der Waals surface area contributed by atoms with Crippen molar-refractivity contribution in [1.29, 1.82) is 0 Å². The van der Waals surface area contributed by atoms with Crippen molar-refractivity contribution in [2.24, 2.45) is 0 Å². The number of nitrogens with one attached hydrogen (secondary N) is 3. The molecule has 6 heteroatoms. The summed E-state index contributed by atoms with van der Waals surface area (Å²) in [6.45, 7) is 1.96. The van der Waals surface area contributed by atoms with Crippen LogP contribution in [0.3, 0.4) is 0 Å². The summed E-state index contributed by atoms with van der Waals surface area (Å²) in [5, 5.41) is 8.31. The SMILES string of the molecule is CNC(=O)c1ccc(CNC(=O)NCCN(C)C2CCCC2)cc1. The van der Waals surface area contributed by atoms with Gasteiger partial charge in [0.1, 0.15) is 0 Å². The molecular formula is C18H28N4O2. The lowest BCUT2D eigenvalue weighted by Gasteiger charge is -2.23. The van der Waals surface area contributed by atoms with Crippen LogP contribution < -0.4 is 16.0 Å². The van der Waals surface area contributed by atoms with Gasteiger partial charge in [-0.25, -0.2) is 4.79 Å². The molecule has 0 radical (unpaired) electrons. The molecule has 3 N–H and O–H groups in total. The van der Waals surface area contributed by atoms with Crippen molar-refractivity contribution in [1.82, 2.24) is 20.9 Å². The highest BCUT2D eigenvalue weighted by atomic mass is 16.2. The Labute approximate surface area is 144 Å². The molecule has 1 aliphatic rings. The number of hydrogen-bond acceptors (Lipinski definition) is 3. The third kappa shape index (κ3) is 5.53. The summed E-state index contributed by atoms with van der Waals surface area (Å²) in [4.78, 5) is 25.6. The van der Waals surface area contributed by atoms with Crippen molar-refractivity contribution in [3.05, 3.63) is 35.4 Å². The topological polar surface area (TPSA) is 73.5 Å². The van der Waals surface area contributed by atoms with Crippen LogP contribution in [0, 0.1) is 0 Å². The van der Waals surface area contributed by atoms with Gasteiger partial charge in [-0.3, -0.25) is 4.79 Å². The van der Waals surface area contributed by atoms with Crippen LogP contribution in [-0.2, 0) is 6.54 Å². The van der Waals surface area contributed by atoms with E-state index >= 15 is 0 Å². The monoisotopic (exact) mass is 332 g/mol. The molecule has 1 aliphatic carbocycles. The normalized spacial score (nSPS) is 14.6. The number of carbonyl (C=O) groups is 2. The average Bonchev–Trinajstić information content (AvgIpc) is 3.14. The maximum atomic E-state index is 11.8. The summed E-state index contributed by atoms with van der Waals surface area (Å²) in [5.41, 5.74) is 1.57. The smallest absolute Gasteiger partial charge is 0.315 e. The van der Waals surface area contributed by atoms with Gasteiger partial charge in [0.15, 0.2) is 0 Å². The van der Waals surface area contributed by atoms with Gasteiger partial charge in [-0.15, -0.1) is 0 Å². The second-order valence-electron chi connectivity index (χ2n) is 6.30. The first-order valence-electron chi connectivity index (χ1n) is 8.63. The highest BCUT2D eigenvalue weighted by molar-refractivity contribution is 5.93. The van der Waals surface area contributed by atoms with Crippen LogP contribution >= 0.6 is 0 Å². The first-order valence-corrected chi connectivity index (χ1v) is 8.63. The predicted molar refractivity (Wildman–Crippen MR) is 95.0 cm³/mol. The third-order valence-corrected chi connectivity index (χ3v) is 4.59. The van der Waals surface area contributed by atoms with E-state index in [1.165, 1.54) is 25.7 Å². The molecule has 1 saturated carbocycles. The van der Waals surface area contributed by atoms with Crippen LogP contribution in [0.25, 0.3) is 0 Å². The van der Waals surface area contributed by atoms with E-state index < -0.39 is 0 Å². The quantitative estimate of drug-likeness (QED) is 0.712. The minimum atomic E-state index is -0.162. The van der Waals surface area contributed by atoms with Gasteiger partial charge in [0, 0.05) is 38.3 Å². The van der Waals surface area contributed by atoms with Gasteiger partial charge in [-0.05, 0) is 37.6 Å². The molecule has 0 atom stereocenters. The Morgan fingerprint density at radius 3 is 2.42 bits per heavy atom. The van der Waals surface area contributed by atoms with Crippen LogP contribution in [0.15, 0.2) is 24.3 Å². The fourth-order valence-corrected chi connectivity index (χ4v) is 3.04. The molecule has 0 unspecified atom stereocenters. The van der Waals surface area contributed by atoms with E-state index in [0.29, 0.717) is 24.7 Å². The fraction of sp³-hybridized carbons (Fsp3) is 0.556. The van der Waals surface area contributed by atoms with Crippen molar-refractivity contribution in [3.8, 4) is 0 Å². The van der Waals surface area contributed by atoms with E-state index in [2.05, 4.69) is 27.9 Å². The molecular weight excluding hydrogens is 304 g/mol. The molecule has 0 spiro atoms. The fourth-order valence-electron chi connectivity index (χ4n) is 3.04. The van der Waals surface area contributed by atoms with Gasteiger partial charge in [0.25, 0.3) is 5.91 Å². The van der Waals surface area contributed by atoms with Crippen LogP contribution in [-0.4, -0.2) is 50.1 Å². The van der Waals surface area contributed by atoms with Crippen LogP contribution in [0.1, 0.15) is 41.6 Å². The Balaban J connectivity index is 1.64. The number of urea groups is 1. The van der Waals surface area contributed by atoms with Gasteiger partial charge in [-0.2, -0.15) is 0 Å². The van der Waals surface area contributed by atoms with E-state index in [9.17, 15) is 9.59 Å². The minimum absolute atomic E-state index is 0.112. The lowest BCUT2D eigenvalue weighted by Crippen LogP contribution is -2.41. The van der Waals surface area contributed by atoms with Crippen molar-refractivity contribution < 1.29 is 9.59 Å². The highest BCUT2D eigenvalue weighted by Gasteiger charge is 2.18. The summed E-state index contributed by atoms with van der Waals surface area (Å²) < 4.78 is 0. The van der Waals surface area contributed by atoms with Crippen LogP contribution in [0.4, 0.5) is 4.79 Å². The highest BCUT2D eigenvalue weighted by Crippen LogP contribution is 2.21. The minimum Gasteiger partial charge on any atom is -0.355 e. The standard InChI is InChI=1S/C18H28N4O2/c1-19-17(23)15-9-7-14(8-10-15)13-21-18(24)20-11-12-22(2)16-5-3-4-6-16/h7-10,16H,3-6,11-13H2,1-2H3,(H,19,23)(H2,20,21,24). The average molecular weight is 332 g/mol. The molecule has 6 nitrogen and oxygen atoms in total. The van der Waals surface area contributed by atoms with E-state index in [1.807, 2.05) is 12.1 Å². The molecule has 1 aromatic rings. The third-order valence-electron chi connectivity index (χ3n) is 4.59. The first kappa shape index (κ1) is 18.3. The number of rotatable bonds is 7. The lowest BCUT2D eigenvalue weighted by atomic mass is 10.1. The largest absolute Gasteiger partial charge is 0.355 e. The van der Waals surface area contributed by atoms with Crippen molar-refractivity contribution in [2.75, 3.05) is 27.2 Å². The van der Waals surface area contributed by atoms with E-state index in [-0.39, 0.29) is 11.9 Å². The molecule has 0 bridgehead atoms. The number of amides is 3. The maximum Gasteiger partial charge on any atom is 0.315 e. The summed E-state index contributed by atoms with van der Waals surface area (Å²) in [7, 11) is 3.73. The zero-order valence-electron chi connectivity index (χ0n) is 14.6. The zero-order valence-corrected chi connectivity index (χ0v) is 14.6. The second-order valence-corrected chi connectivity index (χ2v) is 6.30. The molecule has 1 fully saturated rings. The molecule has 0 heterocycles. The van der Waals surface area contributed by atoms with Gasteiger partial charge in [-0.1, -0.05) is 25.0 Å². The molecule has 2 rings (SSSR count). The summed E-state index contributed by atoms with van der Waals surface area (Å²) in [5.74, 6) is -0.112. The molecule has 1 aromatic carbocycles. The van der Waals surface area contributed by atoms with E-state index in [0.717, 1.165) is 12.1 Å². The van der Waals surface area contributed by atoms with Gasteiger partial charge in [0.05, 0.1) is 0 Å². The van der Waals surface area contributed by atoms with Crippen LogP contribution in [0.2, 0.25) is 0 Å². The first-order chi connectivity index (χ1) is 11.6. The number of carbonyl (C=O) groups excluding carboxylic acids is 2. The Morgan fingerprint density at radius 2 is 1.79 bits per heavy atom. The molecule has 0 aromatic heterocycles. The number of hydrogen-bond donors (Lipinski definition) is 3. The Morgan fingerprint density at radius 1 is 1.12 bits per heavy atom. The number of nitrogens with zero attached hydrogens (tertiary/aromatic N) is 1. The summed E-state index contributed by atoms with van der Waals surface area (Å²) in [6.07, 6.45) is 5.19. The van der Waals surface area contributed by atoms with Gasteiger partial charge < -0.3 is 20.9 Å². The molecule has 0 aliphatic heterocycles. The lowest BCUT2D eigenvalue weighted by molar-refractivity contribution is 0.0963. The Bertz CT molecular complexity index is 538. The summed E-state index contributed by atoms with van der Waals surface area (Å²) in [6, 6.07) is 7.71. The van der Waals surface area contributed by atoms with E-state index in [4.69, 9.17) is 0 Å². The summed E-state index contributed by atoms with van der Waals surface area (Å²) >= 11 is 0.